The van der Waals surface area contributed by atoms with Crippen LogP contribution in [0, 0.1) is 12.7 Å². The van der Waals surface area contributed by atoms with Gasteiger partial charge in [-0.2, -0.15) is 5.10 Å². The molecule has 5 nitrogen and oxygen atoms in total. The van der Waals surface area contributed by atoms with E-state index in [0.29, 0.717) is 22.0 Å². The number of hydrogen-bond donors (Lipinski definition) is 2. The molecule has 1 amide bonds. The van der Waals surface area contributed by atoms with Gasteiger partial charge in [0.15, 0.2) is 5.13 Å². The molecule has 3 aromatic rings. The molecular weight excluding hydrogens is 291 g/mol. The molecule has 1 aromatic carbocycles. The van der Waals surface area contributed by atoms with Crippen molar-refractivity contribution < 1.29 is 9.18 Å². The van der Waals surface area contributed by atoms with Crippen molar-refractivity contribution in [3.05, 3.63) is 52.9 Å². The standard InChI is InChI=1S/C14H11FN4OS/c1-8-6-16-14(21-8)18-13(20)11-7-17-19-12(11)9-2-4-10(15)5-3-9/h2-7H,1H3,(H,17,19)(H,16,18,20). The lowest BCUT2D eigenvalue weighted by Crippen LogP contribution is -2.11. The van der Waals surface area contributed by atoms with Crippen LogP contribution in [0.4, 0.5) is 9.52 Å². The summed E-state index contributed by atoms with van der Waals surface area (Å²) in [6, 6.07) is 5.85. The molecule has 0 saturated heterocycles. The summed E-state index contributed by atoms with van der Waals surface area (Å²) in [7, 11) is 0. The van der Waals surface area contributed by atoms with Gasteiger partial charge in [0.1, 0.15) is 5.82 Å². The highest BCUT2D eigenvalue weighted by Crippen LogP contribution is 2.23. The van der Waals surface area contributed by atoms with Gasteiger partial charge in [-0.15, -0.1) is 11.3 Å². The van der Waals surface area contributed by atoms with Crippen LogP contribution >= 0.6 is 11.3 Å². The van der Waals surface area contributed by atoms with Crippen molar-refractivity contribution in [2.24, 2.45) is 0 Å². The zero-order chi connectivity index (χ0) is 14.8. The first kappa shape index (κ1) is 13.4. The van der Waals surface area contributed by atoms with Gasteiger partial charge < -0.3 is 0 Å². The van der Waals surface area contributed by atoms with Crippen LogP contribution in [0.5, 0.6) is 0 Å². The summed E-state index contributed by atoms with van der Waals surface area (Å²) in [5.41, 5.74) is 1.62. The summed E-state index contributed by atoms with van der Waals surface area (Å²) < 4.78 is 13.0. The van der Waals surface area contributed by atoms with Crippen LogP contribution < -0.4 is 5.32 Å². The zero-order valence-electron chi connectivity index (χ0n) is 11.1. The van der Waals surface area contributed by atoms with Gasteiger partial charge in [0.2, 0.25) is 0 Å². The number of hydrogen-bond acceptors (Lipinski definition) is 4. The van der Waals surface area contributed by atoms with Crippen molar-refractivity contribution >= 4 is 22.4 Å². The Morgan fingerprint density at radius 2 is 2.05 bits per heavy atom. The monoisotopic (exact) mass is 302 g/mol. The van der Waals surface area contributed by atoms with Gasteiger partial charge in [-0.1, -0.05) is 0 Å². The largest absolute Gasteiger partial charge is 0.298 e. The Hall–Kier alpha value is -2.54. The van der Waals surface area contributed by atoms with Crippen LogP contribution in [0.1, 0.15) is 15.2 Å². The van der Waals surface area contributed by atoms with Gasteiger partial charge in [-0.3, -0.25) is 15.2 Å². The highest BCUT2D eigenvalue weighted by atomic mass is 32.1. The van der Waals surface area contributed by atoms with Gasteiger partial charge in [0.25, 0.3) is 5.91 Å². The molecule has 0 aliphatic heterocycles. The second kappa shape index (κ2) is 5.45. The van der Waals surface area contributed by atoms with Crippen molar-refractivity contribution in [1.82, 2.24) is 15.2 Å². The fraction of sp³-hybridized carbons (Fsp3) is 0.0714. The lowest BCUT2D eigenvalue weighted by Gasteiger charge is -2.03. The SMILES string of the molecule is Cc1cnc(NC(=O)c2cn[nH]c2-c2ccc(F)cc2)s1. The number of halogens is 1. The third-order valence-corrected chi connectivity index (χ3v) is 3.69. The molecule has 0 atom stereocenters. The summed E-state index contributed by atoms with van der Waals surface area (Å²) in [5, 5.41) is 9.91. The third-order valence-electron chi connectivity index (χ3n) is 2.86. The van der Waals surface area contributed by atoms with Crippen LogP contribution in [0.15, 0.2) is 36.7 Å². The number of carbonyl (C=O) groups excluding carboxylic acids is 1. The number of aromatic nitrogens is 3. The molecule has 21 heavy (non-hydrogen) atoms. The highest BCUT2D eigenvalue weighted by Gasteiger charge is 2.16. The number of thiazole rings is 1. The van der Waals surface area contributed by atoms with Crippen LogP contribution in [-0.4, -0.2) is 21.1 Å². The molecule has 7 heteroatoms. The number of carbonyl (C=O) groups is 1. The summed E-state index contributed by atoms with van der Waals surface area (Å²) in [6.45, 7) is 1.91. The van der Waals surface area contributed by atoms with Crippen molar-refractivity contribution in [2.75, 3.05) is 5.32 Å². The predicted molar refractivity (Wildman–Crippen MR) is 78.8 cm³/mol. The number of benzene rings is 1. The molecule has 106 valence electrons. The van der Waals surface area contributed by atoms with Crippen LogP contribution in [0.2, 0.25) is 0 Å². The summed E-state index contributed by atoms with van der Waals surface area (Å²) >= 11 is 1.39. The minimum atomic E-state index is -0.331. The normalized spacial score (nSPS) is 10.6. The Kier molecular flexibility index (Phi) is 3.49. The van der Waals surface area contributed by atoms with Gasteiger partial charge >= 0.3 is 0 Å². The molecule has 2 aromatic heterocycles. The average molecular weight is 302 g/mol. The molecule has 0 fully saturated rings. The maximum absolute atomic E-state index is 13.0. The second-order valence-electron chi connectivity index (χ2n) is 4.40. The first-order valence-electron chi connectivity index (χ1n) is 6.16. The number of H-pyrrole nitrogens is 1. The molecule has 0 bridgehead atoms. The maximum Gasteiger partial charge on any atom is 0.261 e. The fourth-order valence-corrected chi connectivity index (χ4v) is 2.53. The van der Waals surface area contributed by atoms with Crippen molar-refractivity contribution in [2.45, 2.75) is 6.92 Å². The van der Waals surface area contributed by atoms with E-state index >= 15 is 0 Å². The quantitative estimate of drug-likeness (QED) is 0.780. The van der Waals surface area contributed by atoms with E-state index in [1.807, 2.05) is 6.92 Å². The molecule has 0 radical (unpaired) electrons. The third kappa shape index (κ3) is 2.82. The number of nitrogens with one attached hydrogen (secondary N) is 2. The average Bonchev–Trinajstić information content (AvgIpc) is 3.09. The van der Waals surface area contributed by atoms with Crippen LogP contribution in [0.3, 0.4) is 0 Å². The molecule has 2 N–H and O–H groups in total. The van der Waals surface area contributed by atoms with Gasteiger partial charge in [0, 0.05) is 16.6 Å². The Labute approximate surface area is 123 Å². The molecule has 0 aliphatic rings. The predicted octanol–water partition coefficient (Wildman–Crippen LogP) is 3.23. The second-order valence-corrected chi connectivity index (χ2v) is 5.63. The Balaban J connectivity index is 1.88. The van der Waals surface area contributed by atoms with E-state index in [0.717, 1.165) is 4.88 Å². The number of aryl methyl sites for hydroxylation is 1. The number of aromatic amines is 1. The fourth-order valence-electron chi connectivity index (χ4n) is 1.87. The minimum absolute atomic E-state index is 0.308. The number of amides is 1. The molecule has 0 aliphatic carbocycles. The molecule has 0 unspecified atom stereocenters. The van der Waals surface area contributed by atoms with E-state index in [1.165, 1.54) is 29.7 Å². The number of rotatable bonds is 3. The molecular formula is C14H11FN4OS. The zero-order valence-corrected chi connectivity index (χ0v) is 11.9. The van der Waals surface area contributed by atoms with Gasteiger partial charge in [0.05, 0.1) is 17.5 Å². The van der Waals surface area contributed by atoms with E-state index in [9.17, 15) is 9.18 Å². The molecule has 3 rings (SSSR count). The van der Waals surface area contributed by atoms with Crippen molar-refractivity contribution in [3.8, 4) is 11.3 Å². The summed E-state index contributed by atoms with van der Waals surface area (Å²) in [4.78, 5) is 17.4. The number of nitrogens with zero attached hydrogens (tertiary/aromatic N) is 2. The number of anilines is 1. The van der Waals surface area contributed by atoms with Crippen LogP contribution in [-0.2, 0) is 0 Å². The highest BCUT2D eigenvalue weighted by molar-refractivity contribution is 7.15. The van der Waals surface area contributed by atoms with Crippen molar-refractivity contribution in [1.29, 1.82) is 0 Å². The van der Waals surface area contributed by atoms with E-state index in [-0.39, 0.29) is 11.7 Å². The molecule has 2 heterocycles. The first-order valence-corrected chi connectivity index (χ1v) is 6.98. The topological polar surface area (TPSA) is 70.7 Å². The van der Waals surface area contributed by atoms with Gasteiger partial charge in [-0.25, -0.2) is 9.37 Å². The van der Waals surface area contributed by atoms with E-state index < -0.39 is 0 Å². The van der Waals surface area contributed by atoms with E-state index in [2.05, 4.69) is 20.5 Å². The Bertz CT molecular complexity index is 778. The first-order chi connectivity index (χ1) is 10.1. The van der Waals surface area contributed by atoms with Crippen LogP contribution in [0.25, 0.3) is 11.3 Å². The lowest BCUT2D eigenvalue weighted by atomic mass is 10.1. The van der Waals surface area contributed by atoms with E-state index in [1.54, 1.807) is 18.3 Å². The maximum atomic E-state index is 13.0. The summed E-state index contributed by atoms with van der Waals surface area (Å²) in [5.74, 6) is -0.639. The van der Waals surface area contributed by atoms with Gasteiger partial charge in [-0.05, 0) is 31.2 Å². The Morgan fingerprint density at radius 3 is 2.71 bits per heavy atom. The smallest absolute Gasteiger partial charge is 0.261 e. The lowest BCUT2D eigenvalue weighted by molar-refractivity contribution is 0.102. The van der Waals surface area contributed by atoms with Crippen molar-refractivity contribution in [3.63, 3.8) is 0 Å². The minimum Gasteiger partial charge on any atom is -0.298 e. The summed E-state index contributed by atoms with van der Waals surface area (Å²) in [6.07, 6.45) is 3.13. The molecule has 0 saturated carbocycles. The van der Waals surface area contributed by atoms with E-state index in [4.69, 9.17) is 0 Å². The molecule has 0 spiro atoms. The Morgan fingerprint density at radius 1 is 1.29 bits per heavy atom.